The number of aromatic nitrogens is 1. The monoisotopic (exact) mass is 498 g/mol. The van der Waals surface area contributed by atoms with Gasteiger partial charge in [0.15, 0.2) is 5.96 Å². The van der Waals surface area contributed by atoms with Gasteiger partial charge in [0.05, 0.1) is 16.7 Å². The molecule has 0 fully saturated rings. The number of hydrogen-bond donors (Lipinski definition) is 2. The number of benzene rings is 1. The maximum absolute atomic E-state index is 6.20. The molecule has 3 N–H and O–H groups in total. The third-order valence-corrected chi connectivity index (χ3v) is 4.95. The molecule has 0 spiro atoms. The summed E-state index contributed by atoms with van der Waals surface area (Å²) in [6, 6.07) is 5.37. The number of halogens is 3. The van der Waals surface area contributed by atoms with E-state index in [1.54, 1.807) is 17.4 Å². The van der Waals surface area contributed by atoms with Crippen LogP contribution in [0.25, 0.3) is 0 Å². The number of nitrogens with one attached hydrogen (secondary N) is 1. The van der Waals surface area contributed by atoms with E-state index in [0.29, 0.717) is 22.5 Å². The van der Waals surface area contributed by atoms with Crippen LogP contribution in [0.1, 0.15) is 36.2 Å². The molecule has 132 valence electrons. The maximum atomic E-state index is 6.20. The Balaban J connectivity index is 0.00000288. The van der Waals surface area contributed by atoms with E-state index in [4.69, 9.17) is 28.9 Å². The molecule has 0 saturated carbocycles. The molecule has 24 heavy (non-hydrogen) atoms. The van der Waals surface area contributed by atoms with Crippen molar-refractivity contribution in [1.29, 1.82) is 0 Å². The quantitative estimate of drug-likeness (QED) is 0.340. The number of aryl methyl sites for hydroxylation is 1. The second-order valence-electron chi connectivity index (χ2n) is 5.13. The minimum Gasteiger partial charge on any atom is -0.370 e. The van der Waals surface area contributed by atoms with E-state index in [9.17, 15) is 0 Å². The summed E-state index contributed by atoms with van der Waals surface area (Å²) < 4.78 is 0. The highest BCUT2D eigenvalue weighted by atomic mass is 127. The largest absolute Gasteiger partial charge is 0.370 e. The van der Waals surface area contributed by atoms with Gasteiger partial charge in [-0.05, 0) is 31.0 Å². The number of nitrogens with two attached hydrogens (primary N) is 1. The van der Waals surface area contributed by atoms with E-state index in [1.807, 2.05) is 19.1 Å². The molecule has 1 aromatic carbocycles. The van der Waals surface area contributed by atoms with Gasteiger partial charge in [0, 0.05) is 28.4 Å². The molecule has 0 amide bonds. The molecule has 0 radical (unpaired) electrons. The van der Waals surface area contributed by atoms with Crippen molar-refractivity contribution < 1.29 is 0 Å². The minimum absolute atomic E-state index is 0. The first kappa shape index (κ1) is 21.5. The molecule has 0 aliphatic carbocycles. The van der Waals surface area contributed by atoms with E-state index in [1.165, 1.54) is 0 Å². The Morgan fingerprint density at radius 1 is 1.42 bits per heavy atom. The molecule has 1 unspecified atom stereocenters. The van der Waals surface area contributed by atoms with Crippen LogP contribution in [0, 0.1) is 0 Å². The standard InChI is InChI=1S/C16H20Cl2N4S.HI/c1-3-15-22-12(9-23-15)6-7-20-16(19)21-10(2)13-5-4-11(17)8-14(13)18;/h4-5,8-10H,3,6-7H2,1-2H3,(H3,19,20,21);1H. The fourth-order valence-electron chi connectivity index (χ4n) is 2.11. The predicted octanol–water partition coefficient (Wildman–Crippen LogP) is 4.84. The smallest absolute Gasteiger partial charge is 0.189 e. The van der Waals surface area contributed by atoms with Gasteiger partial charge in [-0.1, -0.05) is 36.2 Å². The Bertz CT molecular complexity index is 690. The Morgan fingerprint density at radius 2 is 2.17 bits per heavy atom. The van der Waals surface area contributed by atoms with Crippen LogP contribution in [0.3, 0.4) is 0 Å². The summed E-state index contributed by atoms with van der Waals surface area (Å²) in [7, 11) is 0. The number of aliphatic imine (C=N–C) groups is 1. The van der Waals surface area contributed by atoms with E-state index >= 15 is 0 Å². The van der Waals surface area contributed by atoms with E-state index < -0.39 is 0 Å². The summed E-state index contributed by atoms with van der Waals surface area (Å²) in [6.45, 7) is 4.68. The second kappa shape index (κ2) is 10.4. The highest BCUT2D eigenvalue weighted by Crippen LogP contribution is 2.25. The highest BCUT2D eigenvalue weighted by Gasteiger charge is 2.10. The van der Waals surface area contributed by atoms with Crippen molar-refractivity contribution in [2.75, 3.05) is 6.54 Å². The average molecular weight is 499 g/mol. The van der Waals surface area contributed by atoms with Gasteiger partial charge < -0.3 is 11.1 Å². The molecule has 1 heterocycles. The zero-order valence-electron chi connectivity index (χ0n) is 13.6. The first-order valence-electron chi connectivity index (χ1n) is 7.44. The highest BCUT2D eigenvalue weighted by molar-refractivity contribution is 14.0. The van der Waals surface area contributed by atoms with Crippen molar-refractivity contribution in [2.45, 2.75) is 32.7 Å². The zero-order valence-corrected chi connectivity index (χ0v) is 18.2. The van der Waals surface area contributed by atoms with E-state index in [-0.39, 0.29) is 30.0 Å². The van der Waals surface area contributed by atoms with Crippen LogP contribution in [-0.2, 0) is 12.8 Å². The molecular weight excluding hydrogens is 478 g/mol. The third-order valence-electron chi connectivity index (χ3n) is 3.35. The van der Waals surface area contributed by atoms with Crippen molar-refractivity contribution >= 4 is 64.5 Å². The van der Waals surface area contributed by atoms with Crippen LogP contribution in [-0.4, -0.2) is 17.5 Å². The number of nitrogens with zero attached hydrogens (tertiary/aromatic N) is 2. The lowest BCUT2D eigenvalue weighted by molar-refractivity contribution is 0.707. The van der Waals surface area contributed by atoms with E-state index in [0.717, 1.165) is 29.1 Å². The van der Waals surface area contributed by atoms with Crippen molar-refractivity contribution in [3.05, 3.63) is 49.9 Å². The van der Waals surface area contributed by atoms with Crippen LogP contribution < -0.4 is 11.1 Å². The Kier molecular flexibility index (Phi) is 9.33. The SMILES string of the molecule is CCc1nc(CCN=C(N)NC(C)c2ccc(Cl)cc2Cl)cs1.I. The van der Waals surface area contributed by atoms with Crippen LogP contribution in [0.15, 0.2) is 28.6 Å². The number of guanidine groups is 1. The van der Waals surface area contributed by atoms with Gasteiger partial charge in [0.25, 0.3) is 0 Å². The number of rotatable bonds is 6. The first-order valence-corrected chi connectivity index (χ1v) is 9.07. The third kappa shape index (κ3) is 6.38. The van der Waals surface area contributed by atoms with Crippen molar-refractivity contribution in [2.24, 2.45) is 10.7 Å². The van der Waals surface area contributed by atoms with Crippen molar-refractivity contribution in [3.8, 4) is 0 Å². The van der Waals surface area contributed by atoms with Gasteiger partial charge in [-0.3, -0.25) is 4.99 Å². The van der Waals surface area contributed by atoms with Crippen LogP contribution >= 0.6 is 58.5 Å². The molecule has 0 aliphatic rings. The molecule has 4 nitrogen and oxygen atoms in total. The molecule has 2 aromatic rings. The van der Waals surface area contributed by atoms with Gasteiger partial charge in [-0.2, -0.15) is 0 Å². The molecule has 2 rings (SSSR count). The summed E-state index contributed by atoms with van der Waals surface area (Å²) in [5, 5.41) is 7.60. The van der Waals surface area contributed by atoms with E-state index in [2.05, 4.69) is 27.6 Å². The fourth-order valence-corrected chi connectivity index (χ4v) is 3.47. The molecule has 0 saturated heterocycles. The first-order chi connectivity index (χ1) is 11.0. The summed E-state index contributed by atoms with van der Waals surface area (Å²) >= 11 is 13.8. The maximum Gasteiger partial charge on any atom is 0.189 e. The van der Waals surface area contributed by atoms with Gasteiger partial charge in [0.1, 0.15) is 0 Å². The number of hydrogen-bond acceptors (Lipinski definition) is 3. The summed E-state index contributed by atoms with van der Waals surface area (Å²) in [5.74, 6) is 0.398. The molecule has 1 aromatic heterocycles. The predicted molar refractivity (Wildman–Crippen MR) is 115 cm³/mol. The molecule has 0 bridgehead atoms. The minimum atomic E-state index is -0.0468. The topological polar surface area (TPSA) is 63.3 Å². The Labute approximate surface area is 173 Å². The normalized spacial score (nSPS) is 12.6. The van der Waals surface area contributed by atoms with Crippen LogP contribution in [0.4, 0.5) is 0 Å². The lowest BCUT2D eigenvalue weighted by Gasteiger charge is -2.16. The van der Waals surface area contributed by atoms with Gasteiger partial charge in [-0.25, -0.2) is 4.98 Å². The summed E-state index contributed by atoms with van der Waals surface area (Å²) in [6.07, 6.45) is 1.76. The van der Waals surface area contributed by atoms with Gasteiger partial charge in [0.2, 0.25) is 0 Å². The zero-order chi connectivity index (χ0) is 16.8. The van der Waals surface area contributed by atoms with Crippen LogP contribution in [0.2, 0.25) is 10.0 Å². The van der Waals surface area contributed by atoms with Crippen molar-refractivity contribution in [3.63, 3.8) is 0 Å². The fraction of sp³-hybridized carbons (Fsp3) is 0.375. The second-order valence-corrected chi connectivity index (χ2v) is 6.92. The Hall–Kier alpha value is -0.570. The molecular formula is C16H21Cl2IN4S. The molecule has 1 atom stereocenters. The lowest BCUT2D eigenvalue weighted by Crippen LogP contribution is -2.34. The summed E-state index contributed by atoms with van der Waals surface area (Å²) in [4.78, 5) is 8.86. The lowest BCUT2D eigenvalue weighted by atomic mass is 10.1. The van der Waals surface area contributed by atoms with Crippen molar-refractivity contribution in [1.82, 2.24) is 10.3 Å². The molecule has 0 aliphatic heterocycles. The van der Waals surface area contributed by atoms with Crippen LogP contribution in [0.5, 0.6) is 0 Å². The number of thiazole rings is 1. The van der Waals surface area contributed by atoms with Gasteiger partial charge >= 0.3 is 0 Å². The molecule has 8 heteroatoms. The Morgan fingerprint density at radius 3 is 2.79 bits per heavy atom. The summed E-state index contributed by atoms with van der Waals surface area (Å²) in [5.41, 5.74) is 7.94. The average Bonchev–Trinajstić information content (AvgIpc) is 2.95. The van der Waals surface area contributed by atoms with Gasteiger partial charge in [-0.15, -0.1) is 35.3 Å².